The van der Waals surface area contributed by atoms with Crippen molar-refractivity contribution >= 4 is 23.1 Å². The van der Waals surface area contributed by atoms with Crippen molar-refractivity contribution in [3.05, 3.63) is 35.0 Å². The summed E-state index contributed by atoms with van der Waals surface area (Å²) in [6.45, 7) is 4.14. The summed E-state index contributed by atoms with van der Waals surface area (Å²) in [4.78, 5) is 15.1. The van der Waals surface area contributed by atoms with Gasteiger partial charge in [-0.15, -0.1) is 5.16 Å². The van der Waals surface area contributed by atoms with Crippen LogP contribution in [0, 0.1) is 6.92 Å². The molecule has 2 unspecified atom stereocenters. The van der Waals surface area contributed by atoms with E-state index in [2.05, 4.69) is 36.1 Å². The molecule has 0 amide bonds. The molecule has 0 spiro atoms. The Morgan fingerprint density at radius 2 is 2.29 bits per heavy atom. The molecule has 1 heterocycles. The zero-order chi connectivity index (χ0) is 17.3. The molecule has 24 heavy (non-hydrogen) atoms. The smallest absolute Gasteiger partial charge is 0.304 e. The van der Waals surface area contributed by atoms with Gasteiger partial charge in [0.25, 0.3) is 0 Å². The molecule has 3 N–H and O–H groups in total. The molecule has 2 aromatic rings. The van der Waals surface area contributed by atoms with Gasteiger partial charge in [0.05, 0.1) is 6.42 Å². The first kappa shape index (κ1) is 16.6. The van der Waals surface area contributed by atoms with Gasteiger partial charge in [0.15, 0.2) is 0 Å². The number of nitrogens with zero attached hydrogens (tertiary/aromatic N) is 1. The Bertz CT molecular complexity index is 793. The lowest BCUT2D eigenvalue weighted by molar-refractivity contribution is -0.138. The predicted molar refractivity (Wildman–Crippen MR) is 94.1 cm³/mol. The number of benzene rings is 1. The summed E-state index contributed by atoms with van der Waals surface area (Å²) in [5, 5.41) is 22.6. The Morgan fingerprint density at radius 3 is 2.96 bits per heavy atom. The van der Waals surface area contributed by atoms with Gasteiger partial charge in [-0.25, -0.2) is 0 Å². The number of carboxylic acids is 1. The van der Waals surface area contributed by atoms with E-state index >= 15 is 0 Å². The normalized spacial score (nSPS) is 23.7. The lowest BCUT2D eigenvalue weighted by Gasteiger charge is -2.38. The van der Waals surface area contributed by atoms with Crippen molar-refractivity contribution in [2.24, 2.45) is 5.16 Å². The lowest BCUT2D eigenvalue weighted by atomic mass is 9.65. The van der Waals surface area contributed by atoms with E-state index in [0.717, 1.165) is 36.0 Å². The van der Waals surface area contributed by atoms with Gasteiger partial charge in [-0.05, 0) is 49.7 Å². The molecule has 1 aromatic carbocycles. The lowest BCUT2D eigenvalue weighted by Crippen LogP contribution is -2.34. The van der Waals surface area contributed by atoms with E-state index in [1.54, 1.807) is 6.21 Å². The highest BCUT2D eigenvalue weighted by atomic mass is 16.4. The third-order valence-electron chi connectivity index (χ3n) is 5.63. The minimum Gasteiger partial charge on any atom is -0.481 e. The number of aliphatic carboxylic acids is 1. The Labute approximate surface area is 141 Å². The fraction of sp³-hybridized carbons (Fsp3) is 0.474. The van der Waals surface area contributed by atoms with Gasteiger partial charge in [0.2, 0.25) is 0 Å². The van der Waals surface area contributed by atoms with Gasteiger partial charge in [-0.2, -0.15) is 0 Å². The summed E-state index contributed by atoms with van der Waals surface area (Å²) in [5.74, 6) is -0.506. The molecule has 2 atom stereocenters. The summed E-state index contributed by atoms with van der Waals surface area (Å²) in [6.07, 6.45) is 4.87. The third kappa shape index (κ3) is 2.58. The maximum Gasteiger partial charge on any atom is 0.304 e. The first-order valence-corrected chi connectivity index (χ1v) is 8.51. The second-order valence-corrected chi connectivity index (χ2v) is 6.88. The summed E-state index contributed by atoms with van der Waals surface area (Å²) in [5.41, 5.74) is 4.19. The van der Waals surface area contributed by atoms with Crippen LogP contribution in [0.5, 0.6) is 0 Å². The number of hydrogen-bond donors (Lipinski definition) is 3. The molecule has 0 saturated carbocycles. The molecule has 0 saturated heterocycles. The Hall–Kier alpha value is -2.30. The van der Waals surface area contributed by atoms with E-state index in [9.17, 15) is 9.90 Å². The monoisotopic (exact) mass is 328 g/mol. The number of rotatable bonds is 5. The van der Waals surface area contributed by atoms with E-state index in [1.807, 2.05) is 6.07 Å². The zero-order valence-corrected chi connectivity index (χ0v) is 14.2. The largest absolute Gasteiger partial charge is 0.481 e. The van der Waals surface area contributed by atoms with Crippen LogP contribution in [0.25, 0.3) is 10.9 Å². The van der Waals surface area contributed by atoms with E-state index < -0.39 is 5.97 Å². The highest BCUT2D eigenvalue weighted by Gasteiger charge is 2.42. The number of aromatic amines is 1. The van der Waals surface area contributed by atoms with Gasteiger partial charge in [-0.3, -0.25) is 4.79 Å². The quantitative estimate of drug-likeness (QED) is 0.434. The van der Waals surface area contributed by atoms with Crippen LogP contribution in [0.15, 0.2) is 23.4 Å². The number of fused-ring (bicyclic) bond motifs is 3. The average Bonchev–Trinajstić information content (AvgIpc) is 2.96. The number of para-hydroxylation sites is 1. The molecule has 5 nitrogen and oxygen atoms in total. The van der Waals surface area contributed by atoms with Gasteiger partial charge in [-0.1, -0.05) is 25.1 Å². The minimum absolute atomic E-state index is 0.142. The second-order valence-electron chi connectivity index (χ2n) is 6.88. The second kappa shape index (κ2) is 6.30. The Balaban J connectivity index is 2.23. The molecular weight excluding hydrogens is 304 g/mol. The maximum absolute atomic E-state index is 11.5. The van der Waals surface area contributed by atoms with Crippen LogP contribution in [0.1, 0.15) is 61.8 Å². The number of carbonyl (C=O) groups is 1. The number of oxime groups is 1. The van der Waals surface area contributed by atoms with Crippen molar-refractivity contribution in [2.45, 2.75) is 57.3 Å². The van der Waals surface area contributed by atoms with E-state index in [0.29, 0.717) is 6.42 Å². The zero-order valence-electron chi connectivity index (χ0n) is 14.2. The fourth-order valence-corrected chi connectivity index (χ4v) is 4.30. The van der Waals surface area contributed by atoms with E-state index in [1.165, 1.54) is 10.9 Å². The number of carboxylic acid groups (broad SMARTS) is 1. The molecular formula is C19H24N2O3. The van der Waals surface area contributed by atoms with Crippen molar-refractivity contribution in [2.75, 3.05) is 0 Å². The van der Waals surface area contributed by atoms with Crippen LogP contribution in [0.3, 0.4) is 0 Å². The highest BCUT2D eigenvalue weighted by Crippen LogP contribution is 2.50. The average molecular weight is 328 g/mol. The number of nitrogens with one attached hydrogen (secondary N) is 1. The van der Waals surface area contributed by atoms with E-state index in [-0.39, 0.29) is 17.8 Å². The van der Waals surface area contributed by atoms with Crippen molar-refractivity contribution < 1.29 is 15.1 Å². The van der Waals surface area contributed by atoms with Crippen molar-refractivity contribution in [1.29, 1.82) is 0 Å². The molecule has 0 fully saturated rings. The highest BCUT2D eigenvalue weighted by molar-refractivity contribution is 5.89. The molecule has 3 rings (SSSR count). The minimum atomic E-state index is -0.756. The number of hydrogen-bond acceptors (Lipinski definition) is 3. The molecule has 0 radical (unpaired) electrons. The number of aryl methyl sites for hydroxylation is 1. The van der Waals surface area contributed by atoms with Gasteiger partial charge >= 0.3 is 5.97 Å². The topological polar surface area (TPSA) is 85.7 Å². The van der Waals surface area contributed by atoms with Crippen molar-refractivity contribution in [3.63, 3.8) is 0 Å². The van der Waals surface area contributed by atoms with Crippen LogP contribution >= 0.6 is 0 Å². The number of H-pyrrole nitrogens is 1. The summed E-state index contributed by atoms with van der Waals surface area (Å²) >= 11 is 0. The standard InChI is InChI=1S/C19H24N2O3/c1-3-19(11-15(22)23)9-7-13(8-10-20-24)16-14-6-4-5-12(2)17(14)21-18(16)19/h4-6,10,13,21,24H,3,7-9,11H2,1-2H3,(H,22,23)/b20-10-. The van der Waals surface area contributed by atoms with Gasteiger partial charge in [0, 0.05) is 28.2 Å². The maximum atomic E-state index is 11.5. The molecule has 1 aliphatic rings. The first-order chi connectivity index (χ1) is 11.5. The molecule has 1 aliphatic carbocycles. The van der Waals surface area contributed by atoms with Crippen LogP contribution in [0.2, 0.25) is 0 Å². The first-order valence-electron chi connectivity index (χ1n) is 8.51. The molecule has 5 heteroatoms. The Kier molecular flexibility index (Phi) is 4.35. The van der Waals surface area contributed by atoms with Crippen LogP contribution in [0.4, 0.5) is 0 Å². The van der Waals surface area contributed by atoms with Crippen molar-refractivity contribution in [3.8, 4) is 0 Å². The van der Waals surface area contributed by atoms with Crippen LogP contribution in [-0.4, -0.2) is 27.5 Å². The van der Waals surface area contributed by atoms with Gasteiger partial charge in [0.1, 0.15) is 0 Å². The summed E-state index contributed by atoms with van der Waals surface area (Å²) in [7, 11) is 0. The molecule has 0 aliphatic heterocycles. The van der Waals surface area contributed by atoms with Crippen LogP contribution in [-0.2, 0) is 10.2 Å². The van der Waals surface area contributed by atoms with Crippen molar-refractivity contribution in [1.82, 2.24) is 4.98 Å². The van der Waals surface area contributed by atoms with Crippen LogP contribution < -0.4 is 0 Å². The predicted octanol–water partition coefficient (Wildman–Crippen LogP) is 4.33. The third-order valence-corrected chi connectivity index (χ3v) is 5.63. The summed E-state index contributed by atoms with van der Waals surface area (Å²) in [6, 6.07) is 6.22. The van der Waals surface area contributed by atoms with E-state index in [4.69, 9.17) is 5.21 Å². The molecule has 0 bridgehead atoms. The SMILES string of the molecule is CCC1(CC(=O)O)CCC(C/C=N\O)c2c1[nH]c1c(C)cccc21. The molecule has 1 aromatic heterocycles. The fourth-order valence-electron chi connectivity index (χ4n) is 4.30. The number of aromatic nitrogens is 1. The Morgan fingerprint density at radius 1 is 1.50 bits per heavy atom. The van der Waals surface area contributed by atoms with Gasteiger partial charge < -0.3 is 15.3 Å². The summed E-state index contributed by atoms with van der Waals surface area (Å²) < 4.78 is 0. The molecule has 128 valence electrons.